The minimum Gasteiger partial charge on any atom is -0.275 e. The molecule has 0 unspecified atom stereocenters. The first-order chi connectivity index (χ1) is 4.74. The number of carbonyl (C=O) groups excluding carboxylic acids is 1. The molecule has 1 N–H and O–H groups in total. The Morgan fingerprint density at radius 1 is 1.80 bits per heavy atom. The average molecular weight is 142 g/mol. The van der Waals surface area contributed by atoms with Gasteiger partial charge in [0, 0.05) is 13.1 Å². The lowest BCUT2D eigenvalue weighted by atomic mass is 10.3. The molecule has 0 bridgehead atoms. The molecule has 56 valence electrons. The lowest BCUT2D eigenvalue weighted by Gasteiger charge is -2.19. The van der Waals surface area contributed by atoms with Crippen LogP contribution in [0.25, 0.3) is 0 Å². The van der Waals surface area contributed by atoms with Gasteiger partial charge in [-0.2, -0.15) is 10.2 Å². The molecule has 0 aromatic heterocycles. The van der Waals surface area contributed by atoms with Crippen molar-refractivity contribution in [3.63, 3.8) is 0 Å². The van der Waals surface area contributed by atoms with Crippen molar-refractivity contribution >= 4 is 6.41 Å². The van der Waals surface area contributed by atoms with Gasteiger partial charge < -0.3 is 0 Å². The number of hydroxylamine groups is 1. The molecule has 1 aliphatic rings. The number of nitrogens with zero attached hydrogens (tertiary/aromatic N) is 2. The molecule has 1 heterocycles. The summed E-state index contributed by atoms with van der Waals surface area (Å²) in [4.78, 5) is 10.0. The number of hydrogen-bond donors (Lipinski definition) is 1. The fourth-order valence-corrected chi connectivity index (χ4v) is 0.945. The van der Waals surface area contributed by atoms with Crippen molar-refractivity contribution < 1.29 is 10.0 Å². The maximum atomic E-state index is 10.0. The minimum atomic E-state index is 0.374. The predicted octanol–water partition coefficient (Wildman–Crippen LogP) is 0.0109. The number of hydrazine groups is 1. The summed E-state index contributed by atoms with van der Waals surface area (Å²) in [7, 11) is 0. The highest BCUT2D eigenvalue weighted by atomic mass is 16.6. The van der Waals surface area contributed by atoms with E-state index in [9.17, 15) is 4.79 Å². The van der Waals surface area contributed by atoms with Crippen LogP contribution >= 0.6 is 0 Å². The smallest absolute Gasteiger partial charge is 0.249 e. The molecule has 1 aliphatic heterocycles. The van der Waals surface area contributed by atoms with Gasteiger partial charge in [0.15, 0.2) is 0 Å². The molecule has 10 heavy (non-hydrogen) atoms. The Morgan fingerprint density at radius 3 is 2.90 bits per heavy atom. The molecule has 0 aliphatic carbocycles. The fraction of sp³-hybridized carbons (Fsp3) is 0.500. The van der Waals surface area contributed by atoms with Gasteiger partial charge >= 0.3 is 0 Å². The molecule has 0 spiro atoms. The quantitative estimate of drug-likeness (QED) is 0.255. The third kappa shape index (κ3) is 1.34. The van der Waals surface area contributed by atoms with Crippen LogP contribution in [0.4, 0.5) is 0 Å². The summed E-state index contributed by atoms with van der Waals surface area (Å²) in [5.41, 5.74) is 1.04. The Hall–Kier alpha value is -0.870. The summed E-state index contributed by atoms with van der Waals surface area (Å²) in [5, 5.41) is 10.9. The van der Waals surface area contributed by atoms with Crippen LogP contribution in [-0.4, -0.2) is 34.9 Å². The van der Waals surface area contributed by atoms with Crippen LogP contribution < -0.4 is 0 Å². The van der Waals surface area contributed by atoms with E-state index in [1.807, 2.05) is 0 Å². The molecule has 0 aromatic rings. The molecule has 1 fully saturated rings. The summed E-state index contributed by atoms with van der Waals surface area (Å²) in [6.07, 6.45) is 1.23. The van der Waals surface area contributed by atoms with Crippen molar-refractivity contribution in [2.24, 2.45) is 0 Å². The number of hydrogen-bond acceptors (Lipinski definition) is 3. The molecular formula is C6H10N2O2. The molecule has 0 aromatic carbocycles. The average Bonchev–Trinajstić information content (AvgIpc) is 2.34. The van der Waals surface area contributed by atoms with Gasteiger partial charge in [-0.15, -0.1) is 0 Å². The van der Waals surface area contributed by atoms with Gasteiger partial charge in [-0.25, -0.2) is 0 Å². The Morgan fingerprint density at radius 2 is 2.50 bits per heavy atom. The largest absolute Gasteiger partial charge is 0.275 e. The van der Waals surface area contributed by atoms with Crippen LogP contribution in [0.1, 0.15) is 6.42 Å². The predicted molar refractivity (Wildman–Crippen MR) is 35.0 cm³/mol. The second-order valence-corrected chi connectivity index (χ2v) is 2.31. The SMILES string of the molecule is C=C1CCN(N(O)C=O)C1. The van der Waals surface area contributed by atoms with Crippen molar-refractivity contribution in [3.8, 4) is 0 Å². The zero-order chi connectivity index (χ0) is 7.56. The molecule has 1 rings (SSSR count). The second-order valence-electron chi connectivity index (χ2n) is 2.31. The molecule has 4 heteroatoms. The summed E-state index contributed by atoms with van der Waals surface area (Å²) in [6.45, 7) is 4.98. The van der Waals surface area contributed by atoms with Gasteiger partial charge in [0.1, 0.15) is 0 Å². The molecule has 0 radical (unpaired) electrons. The van der Waals surface area contributed by atoms with Crippen molar-refractivity contribution in [3.05, 3.63) is 12.2 Å². The van der Waals surface area contributed by atoms with Crippen LogP contribution in [0.15, 0.2) is 12.2 Å². The normalized spacial score (nSPS) is 19.5. The highest BCUT2D eigenvalue weighted by Gasteiger charge is 2.18. The Labute approximate surface area is 59.3 Å². The van der Waals surface area contributed by atoms with E-state index >= 15 is 0 Å². The van der Waals surface area contributed by atoms with Crippen molar-refractivity contribution in [2.75, 3.05) is 13.1 Å². The highest BCUT2D eigenvalue weighted by molar-refractivity contribution is 5.44. The zero-order valence-corrected chi connectivity index (χ0v) is 5.66. The lowest BCUT2D eigenvalue weighted by Crippen LogP contribution is -2.36. The standard InChI is InChI=1S/C6H10N2O2/c1-6-2-3-7(4-6)8(10)5-9/h5,10H,1-4H2. The first-order valence-corrected chi connectivity index (χ1v) is 3.09. The number of amides is 1. The van der Waals surface area contributed by atoms with Gasteiger partial charge in [0.2, 0.25) is 6.41 Å². The van der Waals surface area contributed by atoms with Gasteiger partial charge in [-0.3, -0.25) is 10.0 Å². The molecule has 0 saturated carbocycles. The lowest BCUT2D eigenvalue weighted by molar-refractivity contribution is -0.217. The Bertz CT molecular complexity index is 158. The molecule has 1 saturated heterocycles. The maximum absolute atomic E-state index is 10.0. The zero-order valence-electron chi connectivity index (χ0n) is 5.66. The molecule has 0 atom stereocenters. The van der Waals surface area contributed by atoms with Crippen LogP contribution in [0.2, 0.25) is 0 Å². The van der Waals surface area contributed by atoms with E-state index in [4.69, 9.17) is 5.21 Å². The van der Waals surface area contributed by atoms with E-state index in [2.05, 4.69) is 6.58 Å². The van der Waals surface area contributed by atoms with Gasteiger partial charge in [-0.1, -0.05) is 12.2 Å². The maximum Gasteiger partial charge on any atom is 0.249 e. The van der Waals surface area contributed by atoms with Crippen LogP contribution in [0.5, 0.6) is 0 Å². The Balaban J connectivity index is 2.43. The Kier molecular flexibility index (Phi) is 2.03. The van der Waals surface area contributed by atoms with E-state index in [1.54, 1.807) is 0 Å². The molecular weight excluding hydrogens is 132 g/mol. The second kappa shape index (κ2) is 2.81. The first-order valence-electron chi connectivity index (χ1n) is 3.09. The van der Waals surface area contributed by atoms with Gasteiger partial charge in [0.05, 0.1) is 0 Å². The van der Waals surface area contributed by atoms with Gasteiger partial charge in [-0.05, 0) is 6.42 Å². The summed E-state index contributed by atoms with van der Waals surface area (Å²) in [5.74, 6) is 0. The number of carbonyl (C=O) groups is 1. The molecule has 4 nitrogen and oxygen atoms in total. The van der Waals surface area contributed by atoms with E-state index in [0.717, 1.165) is 12.0 Å². The summed E-state index contributed by atoms with van der Waals surface area (Å²) in [6, 6.07) is 0. The minimum absolute atomic E-state index is 0.374. The first kappa shape index (κ1) is 7.24. The molecule has 1 amide bonds. The van der Waals surface area contributed by atoms with E-state index in [1.165, 1.54) is 5.01 Å². The van der Waals surface area contributed by atoms with E-state index < -0.39 is 0 Å². The van der Waals surface area contributed by atoms with E-state index in [-0.39, 0.29) is 0 Å². The van der Waals surface area contributed by atoms with Crippen LogP contribution in [-0.2, 0) is 4.79 Å². The fourth-order valence-electron chi connectivity index (χ4n) is 0.945. The highest BCUT2D eigenvalue weighted by Crippen LogP contribution is 2.12. The van der Waals surface area contributed by atoms with Crippen LogP contribution in [0, 0.1) is 0 Å². The third-order valence-electron chi connectivity index (χ3n) is 1.51. The van der Waals surface area contributed by atoms with Crippen molar-refractivity contribution in [2.45, 2.75) is 6.42 Å². The monoisotopic (exact) mass is 142 g/mol. The summed E-state index contributed by atoms with van der Waals surface area (Å²) < 4.78 is 0. The van der Waals surface area contributed by atoms with Crippen LogP contribution in [0.3, 0.4) is 0 Å². The topological polar surface area (TPSA) is 43.8 Å². The van der Waals surface area contributed by atoms with Crippen molar-refractivity contribution in [1.82, 2.24) is 10.2 Å². The van der Waals surface area contributed by atoms with E-state index in [0.29, 0.717) is 24.7 Å². The number of rotatable bonds is 2. The third-order valence-corrected chi connectivity index (χ3v) is 1.51. The van der Waals surface area contributed by atoms with Crippen molar-refractivity contribution in [1.29, 1.82) is 0 Å². The summed E-state index contributed by atoms with van der Waals surface area (Å²) >= 11 is 0. The van der Waals surface area contributed by atoms with Gasteiger partial charge in [0.25, 0.3) is 0 Å².